The molecule has 1 heterocycles. The van der Waals surface area contributed by atoms with Crippen molar-refractivity contribution in [3.8, 4) is 0 Å². The second-order valence-corrected chi connectivity index (χ2v) is 6.77. The van der Waals surface area contributed by atoms with Crippen molar-refractivity contribution < 1.29 is 4.74 Å². The highest BCUT2D eigenvalue weighted by Crippen LogP contribution is 2.23. The minimum Gasteiger partial charge on any atom is -0.378 e. The van der Waals surface area contributed by atoms with Crippen LogP contribution in [0.25, 0.3) is 0 Å². The lowest BCUT2D eigenvalue weighted by atomic mass is 10.1. The Morgan fingerprint density at radius 1 is 1.20 bits per heavy atom. The predicted molar refractivity (Wildman–Crippen MR) is 115 cm³/mol. The Morgan fingerprint density at radius 2 is 1.96 bits per heavy atom. The summed E-state index contributed by atoms with van der Waals surface area (Å²) in [5.74, 6) is 1.05. The molecule has 0 saturated carbocycles. The molecule has 0 amide bonds. The van der Waals surface area contributed by atoms with Gasteiger partial charge in [-0.1, -0.05) is 18.2 Å². The number of nitrogens with zero attached hydrogens (tertiary/aromatic N) is 2. The van der Waals surface area contributed by atoms with Gasteiger partial charge >= 0.3 is 0 Å². The van der Waals surface area contributed by atoms with Crippen LogP contribution >= 0.6 is 24.0 Å². The third-order valence-corrected chi connectivity index (χ3v) is 5.05. The molecule has 1 aromatic rings. The van der Waals surface area contributed by atoms with Crippen molar-refractivity contribution in [2.75, 3.05) is 26.2 Å². The van der Waals surface area contributed by atoms with E-state index in [2.05, 4.69) is 42.3 Å². The van der Waals surface area contributed by atoms with E-state index >= 15 is 0 Å². The maximum absolute atomic E-state index is 5.76. The summed E-state index contributed by atoms with van der Waals surface area (Å²) < 4.78 is 5.76. The first kappa shape index (κ1) is 20.5. The third kappa shape index (κ3) is 5.58. The van der Waals surface area contributed by atoms with Gasteiger partial charge in [-0.2, -0.15) is 0 Å². The molecule has 5 heteroatoms. The van der Waals surface area contributed by atoms with Gasteiger partial charge in [0.2, 0.25) is 0 Å². The number of piperidine rings is 1. The Kier molecular flexibility index (Phi) is 8.49. The molecule has 0 unspecified atom stereocenters. The van der Waals surface area contributed by atoms with E-state index in [1.165, 1.54) is 36.0 Å². The number of guanidine groups is 1. The second-order valence-electron chi connectivity index (χ2n) is 6.77. The molecule has 0 atom stereocenters. The summed E-state index contributed by atoms with van der Waals surface area (Å²) in [6.07, 6.45) is 6.40. The van der Waals surface area contributed by atoms with E-state index in [0.29, 0.717) is 6.10 Å². The minimum atomic E-state index is 0. The van der Waals surface area contributed by atoms with Crippen LogP contribution in [-0.4, -0.2) is 43.2 Å². The van der Waals surface area contributed by atoms with Crippen LogP contribution in [0.5, 0.6) is 0 Å². The summed E-state index contributed by atoms with van der Waals surface area (Å²) >= 11 is 0. The van der Waals surface area contributed by atoms with Crippen LogP contribution in [0.3, 0.4) is 0 Å². The van der Waals surface area contributed by atoms with Crippen molar-refractivity contribution in [1.29, 1.82) is 0 Å². The Labute approximate surface area is 169 Å². The number of aryl methyl sites for hydroxylation is 2. The average molecular weight is 457 g/mol. The van der Waals surface area contributed by atoms with Gasteiger partial charge < -0.3 is 15.0 Å². The average Bonchev–Trinajstić information content (AvgIpc) is 3.07. The molecule has 4 nitrogen and oxygen atoms in total. The number of hydrogen-bond donors (Lipinski definition) is 1. The minimum absolute atomic E-state index is 0. The van der Waals surface area contributed by atoms with E-state index in [9.17, 15) is 0 Å². The number of benzene rings is 1. The van der Waals surface area contributed by atoms with E-state index in [4.69, 9.17) is 9.73 Å². The number of halogens is 1. The molecule has 0 aromatic heterocycles. The molecule has 0 spiro atoms. The van der Waals surface area contributed by atoms with Gasteiger partial charge in [-0.25, -0.2) is 4.99 Å². The lowest BCUT2D eigenvalue weighted by Gasteiger charge is -2.34. The molecule has 1 fully saturated rings. The lowest BCUT2D eigenvalue weighted by molar-refractivity contribution is 0.0263. The van der Waals surface area contributed by atoms with Crippen LogP contribution in [-0.2, 0) is 24.1 Å². The number of rotatable bonds is 5. The van der Waals surface area contributed by atoms with Gasteiger partial charge in [-0.05, 0) is 62.6 Å². The van der Waals surface area contributed by atoms with Crippen molar-refractivity contribution in [2.45, 2.75) is 58.6 Å². The lowest BCUT2D eigenvalue weighted by Crippen LogP contribution is -2.47. The first-order valence-corrected chi connectivity index (χ1v) is 9.55. The van der Waals surface area contributed by atoms with E-state index in [-0.39, 0.29) is 24.0 Å². The Bertz CT molecular complexity index is 568. The van der Waals surface area contributed by atoms with Crippen LogP contribution in [0.1, 0.15) is 49.8 Å². The molecule has 1 aliphatic heterocycles. The number of nitrogens with one attached hydrogen (secondary N) is 1. The number of hydrogen-bond acceptors (Lipinski definition) is 2. The topological polar surface area (TPSA) is 36.9 Å². The maximum atomic E-state index is 5.76. The molecule has 2 aliphatic rings. The zero-order valence-electron chi connectivity index (χ0n) is 15.6. The standard InChI is InChI=1S/C20H31N3O.HI/c1-3-21-20(23-12-10-19(11-13-23)24-4-2)22-15-16-8-9-17-6-5-7-18(17)14-16;/h8-9,14,19H,3-7,10-13,15H2,1-2H3,(H,21,22);1H. The summed E-state index contributed by atoms with van der Waals surface area (Å²) in [6, 6.07) is 6.91. The monoisotopic (exact) mass is 457 g/mol. The Morgan fingerprint density at radius 3 is 2.68 bits per heavy atom. The van der Waals surface area contributed by atoms with Crippen LogP contribution < -0.4 is 5.32 Å². The van der Waals surface area contributed by atoms with E-state index < -0.39 is 0 Å². The molecule has 1 N–H and O–H groups in total. The molecule has 140 valence electrons. The normalized spacial score (nSPS) is 18.0. The van der Waals surface area contributed by atoms with Crippen LogP contribution in [0.4, 0.5) is 0 Å². The van der Waals surface area contributed by atoms with Crippen molar-refractivity contribution in [2.24, 2.45) is 4.99 Å². The van der Waals surface area contributed by atoms with Crippen LogP contribution in [0.2, 0.25) is 0 Å². The molecule has 1 aromatic carbocycles. The van der Waals surface area contributed by atoms with E-state index in [0.717, 1.165) is 51.6 Å². The summed E-state index contributed by atoms with van der Waals surface area (Å²) in [7, 11) is 0. The molecular formula is C20H32IN3O. The quantitative estimate of drug-likeness (QED) is 0.416. The number of ether oxygens (including phenoxy) is 1. The largest absolute Gasteiger partial charge is 0.378 e. The number of aliphatic imine (C=N–C) groups is 1. The molecule has 0 radical (unpaired) electrons. The highest BCUT2D eigenvalue weighted by Gasteiger charge is 2.21. The summed E-state index contributed by atoms with van der Waals surface area (Å²) in [4.78, 5) is 7.28. The van der Waals surface area contributed by atoms with Crippen LogP contribution in [0.15, 0.2) is 23.2 Å². The highest BCUT2D eigenvalue weighted by molar-refractivity contribution is 14.0. The predicted octanol–water partition coefficient (Wildman–Crippen LogP) is 3.76. The Hall–Kier alpha value is -0.820. The van der Waals surface area contributed by atoms with Gasteiger partial charge in [0.1, 0.15) is 0 Å². The van der Waals surface area contributed by atoms with Gasteiger partial charge in [0.15, 0.2) is 5.96 Å². The first-order chi connectivity index (χ1) is 11.8. The number of fused-ring (bicyclic) bond motifs is 1. The van der Waals surface area contributed by atoms with Crippen molar-refractivity contribution in [3.63, 3.8) is 0 Å². The summed E-state index contributed by atoms with van der Waals surface area (Å²) in [5, 5.41) is 3.46. The van der Waals surface area contributed by atoms with Gasteiger partial charge in [0.05, 0.1) is 12.6 Å². The Balaban J connectivity index is 0.00000225. The maximum Gasteiger partial charge on any atom is 0.194 e. The van der Waals surface area contributed by atoms with Crippen molar-refractivity contribution in [3.05, 3.63) is 34.9 Å². The van der Waals surface area contributed by atoms with E-state index in [1.54, 1.807) is 0 Å². The molecule has 3 rings (SSSR count). The molecular weight excluding hydrogens is 425 g/mol. The number of likely N-dealkylation sites (tertiary alicyclic amines) is 1. The fourth-order valence-electron chi connectivity index (χ4n) is 3.79. The first-order valence-electron chi connectivity index (χ1n) is 9.55. The van der Waals surface area contributed by atoms with Crippen molar-refractivity contribution in [1.82, 2.24) is 10.2 Å². The summed E-state index contributed by atoms with van der Waals surface area (Å²) in [6.45, 7) is 8.76. The van der Waals surface area contributed by atoms with Crippen LogP contribution in [0, 0.1) is 0 Å². The smallest absolute Gasteiger partial charge is 0.194 e. The van der Waals surface area contributed by atoms with Gasteiger partial charge in [-0.15, -0.1) is 24.0 Å². The third-order valence-electron chi connectivity index (χ3n) is 5.05. The van der Waals surface area contributed by atoms with E-state index in [1.807, 2.05) is 0 Å². The molecule has 0 bridgehead atoms. The zero-order chi connectivity index (χ0) is 16.8. The summed E-state index contributed by atoms with van der Waals surface area (Å²) in [5.41, 5.74) is 4.40. The van der Waals surface area contributed by atoms with Gasteiger partial charge in [0.25, 0.3) is 0 Å². The zero-order valence-corrected chi connectivity index (χ0v) is 17.9. The fraction of sp³-hybridized carbons (Fsp3) is 0.650. The molecule has 25 heavy (non-hydrogen) atoms. The SMILES string of the molecule is CCNC(=NCc1ccc2c(c1)CCC2)N1CCC(OCC)CC1.I. The molecule has 1 saturated heterocycles. The van der Waals surface area contributed by atoms with Crippen molar-refractivity contribution >= 4 is 29.9 Å². The molecule has 1 aliphatic carbocycles. The second kappa shape index (κ2) is 10.4. The highest BCUT2D eigenvalue weighted by atomic mass is 127. The van der Waals surface area contributed by atoms with Gasteiger partial charge in [0, 0.05) is 26.2 Å². The van der Waals surface area contributed by atoms with Gasteiger partial charge in [-0.3, -0.25) is 0 Å². The fourth-order valence-corrected chi connectivity index (χ4v) is 3.79.